The van der Waals surface area contributed by atoms with Crippen molar-refractivity contribution in [2.24, 2.45) is 4.99 Å². The molecular formula is C23H36N6O. The molecule has 7 heteroatoms. The number of nitrogens with zero attached hydrogens (tertiary/aromatic N) is 5. The maximum Gasteiger partial charge on any atom is 0.193 e. The third-order valence-corrected chi connectivity index (χ3v) is 5.90. The average Bonchev–Trinajstić information content (AvgIpc) is 3.29. The molecule has 1 aliphatic heterocycles. The van der Waals surface area contributed by atoms with Crippen LogP contribution in [0.4, 0.5) is 0 Å². The summed E-state index contributed by atoms with van der Waals surface area (Å²) in [4.78, 5) is 11.9. The van der Waals surface area contributed by atoms with Crippen LogP contribution in [0, 0.1) is 0 Å². The van der Waals surface area contributed by atoms with E-state index in [0.717, 1.165) is 70.4 Å². The Morgan fingerprint density at radius 2 is 1.87 bits per heavy atom. The fraction of sp³-hybridized carbons (Fsp3) is 0.565. The van der Waals surface area contributed by atoms with Crippen molar-refractivity contribution in [1.29, 1.82) is 0 Å². The Morgan fingerprint density at radius 1 is 1.13 bits per heavy atom. The van der Waals surface area contributed by atoms with E-state index < -0.39 is 0 Å². The Labute approximate surface area is 180 Å². The first-order chi connectivity index (χ1) is 14.7. The number of likely N-dealkylation sites (N-methyl/N-ethyl adjacent to an activating group) is 1. The molecule has 0 saturated carbocycles. The summed E-state index contributed by atoms with van der Waals surface area (Å²) >= 11 is 0. The van der Waals surface area contributed by atoms with Crippen LogP contribution in [0.5, 0.6) is 0 Å². The van der Waals surface area contributed by atoms with Crippen LogP contribution in [-0.4, -0.2) is 84.7 Å². The molecule has 1 aromatic carbocycles. The highest BCUT2D eigenvalue weighted by Gasteiger charge is 2.22. The van der Waals surface area contributed by atoms with Crippen LogP contribution in [-0.2, 0) is 13.0 Å². The van der Waals surface area contributed by atoms with Gasteiger partial charge < -0.3 is 14.7 Å². The number of aliphatic imine (C=N–C) groups is 1. The van der Waals surface area contributed by atoms with Gasteiger partial charge in [-0.1, -0.05) is 49.3 Å². The number of rotatable bonds is 9. The van der Waals surface area contributed by atoms with Crippen molar-refractivity contribution in [2.75, 3.05) is 52.9 Å². The minimum atomic E-state index is 0.438. The summed E-state index contributed by atoms with van der Waals surface area (Å²) in [6, 6.07) is 13.1. The third kappa shape index (κ3) is 6.31. The number of piperazine rings is 1. The molecule has 3 rings (SSSR count). The Balaban J connectivity index is 1.53. The number of hydrogen-bond donors (Lipinski definition) is 1. The lowest BCUT2D eigenvalue weighted by atomic mass is 10.0. The highest BCUT2D eigenvalue weighted by Crippen LogP contribution is 2.10. The molecule has 0 amide bonds. The molecule has 7 nitrogen and oxygen atoms in total. The minimum absolute atomic E-state index is 0.438. The molecule has 0 bridgehead atoms. The maximum atomic E-state index is 4.95. The van der Waals surface area contributed by atoms with Crippen molar-refractivity contribution in [1.82, 2.24) is 25.2 Å². The predicted molar refractivity (Wildman–Crippen MR) is 122 cm³/mol. The normalized spacial score (nSPS) is 16.8. The number of benzene rings is 1. The Morgan fingerprint density at radius 3 is 2.47 bits per heavy atom. The Hall–Kier alpha value is -2.38. The molecule has 164 valence electrons. The quantitative estimate of drug-likeness (QED) is 0.504. The highest BCUT2D eigenvalue weighted by molar-refractivity contribution is 5.80. The molecule has 1 unspecified atom stereocenters. The van der Waals surface area contributed by atoms with Gasteiger partial charge in [-0.15, -0.1) is 0 Å². The summed E-state index contributed by atoms with van der Waals surface area (Å²) in [5, 5.41) is 7.68. The zero-order valence-electron chi connectivity index (χ0n) is 18.6. The lowest BCUT2D eigenvalue weighted by molar-refractivity contribution is 0.167. The molecule has 2 heterocycles. The van der Waals surface area contributed by atoms with E-state index in [1.54, 1.807) is 6.26 Å². The lowest BCUT2D eigenvalue weighted by Gasteiger charge is -2.37. The van der Waals surface area contributed by atoms with E-state index in [1.165, 1.54) is 5.56 Å². The van der Waals surface area contributed by atoms with Crippen LogP contribution < -0.4 is 5.32 Å². The summed E-state index contributed by atoms with van der Waals surface area (Å²) in [5.41, 5.74) is 2.38. The summed E-state index contributed by atoms with van der Waals surface area (Å²) in [7, 11) is 1.88. The first-order valence-corrected chi connectivity index (χ1v) is 11.1. The SMILES string of the molecule is CCN(CC)C(CNC(=NC)N1CCN(Cc2ccon2)CC1)Cc1ccccc1. The van der Waals surface area contributed by atoms with Gasteiger partial charge in [-0.3, -0.25) is 14.8 Å². The summed E-state index contributed by atoms with van der Waals surface area (Å²) in [6.07, 6.45) is 2.68. The molecule has 1 aliphatic rings. The first-order valence-electron chi connectivity index (χ1n) is 11.1. The topological polar surface area (TPSA) is 60.1 Å². The van der Waals surface area contributed by atoms with Gasteiger partial charge in [0, 0.05) is 58.4 Å². The number of nitrogens with one attached hydrogen (secondary N) is 1. The van der Waals surface area contributed by atoms with E-state index in [-0.39, 0.29) is 0 Å². The maximum absolute atomic E-state index is 4.95. The first kappa shape index (κ1) is 22.3. The van der Waals surface area contributed by atoms with E-state index in [9.17, 15) is 0 Å². The van der Waals surface area contributed by atoms with E-state index in [0.29, 0.717) is 6.04 Å². The van der Waals surface area contributed by atoms with Gasteiger partial charge in [0.05, 0.1) is 5.69 Å². The van der Waals surface area contributed by atoms with Gasteiger partial charge in [-0.25, -0.2) is 0 Å². The summed E-state index contributed by atoms with van der Waals surface area (Å²) in [6.45, 7) is 12.2. The highest BCUT2D eigenvalue weighted by atomic mass is 16.5. The standard InChI is InChI=1S/C23H36N6O/c1-4-28(5-2)22(17-20-9-7-6-8-10-20)18-25-23(24-3)29-14-12-27(13-15-29)19-21-11-16-30-26-21/h6-11,16,22H,4-5,12-15,17-19H2,1-3H3,(H,24,25). The second-order valence-corrected chi connectivity index (χ2v) is 7.75. The molecule has 0 radical (unpaired) electrons. The van der Waals surface area contributed by atoms with Crippen LogP contribution in [0.25, 0.3) is 0 Å². The Bertz CT molecular complexity index is 736. The van der Waals surface area contributed by atoms with Crippen molar-refractivity contribution in [3.8, 4) is 0 Å². The molecule has 1 N–H and O–H groups in total. The van der Waals surface area contributed by atoms with Gasteiger partial charge in [0.1, 0.15) is 6.26 Å². The average molecular weight is 413 g/mol. The molecule has 1 aromatic heterocycles. The Kier molecular flexibility index (Phi) is 8.71. The van der Waals surface area contributed by atoms with Crippen LogP contribution >= 0.6 is 0 Å². The van der Waals surface area contributed by atoms with Crippen LogP contribution in [0.15, 0.2) is 52.2 Å². The lowest BCUT2D eigenvalue weighted by Crippen LogP contribution is -2.54. The van der Waals surface area contributed by atoms with Gasteiger partial charge in [-0.05, 0) is 25.1 Å². The van der Waals surface area contributed by atoms with Crippen molar-refractivity contribution in [3.63, 3.8) is 0 Å². The van der Waals surface area contributed by atoms with Gasteiger partial charge in [0.2, 0.25) is 0 Å². The molecule has 1 fully saturated rings. The van der Waals surface area contributed by atoms with Gasteiger partial charge in [0.25, 0.3) is 0 Å². The predicted octanol–water partition coefficient (Wildman–Crippen LogP) is 2.32. The monoisotopic (exact) mass is 412 g/mol. The minimum Gasteiger partial charge on any atom is -0.364 e. The van der Waals surface area contributed by atoms with Crippen molar-refractivity contribution >= 4 is 5.96 Å². The van der Waals surface area contributed by atoms with Crippen molar-refractivity contribution < 1.29 is 4.52 Å². The van der Waals surface area contributed by atoms with Gasteiger partial charge in [0.15, 0.2) is 5.96 Å². The third-order valence-electron chi connectivity index (χ3n) is 5.90. The van der Waals surface area contributed by atoms with Crippen LogP contribution in [0.1, 0.15) is 25.1 Å². The summed E-state index contributed by atoms with van der Waals surface area (Å²) < 4.78 is 4.95. The van der Waals surface area contributed by atoms with Crippen LogP contribution in [0.3, 0.4) is 0 Å². The van der Waals surface area contributed by atoms with Gasteiger partial charge in [-0.2, -0.15) is 0 Å². The van der Waals surface area contributed by atoms with Gasteiger partial charge >= 0.3 is 0 Å². The fourth-order valence-corrected chi connectivity index (χ4v) is 4.16. The van der Waals surface area contributed by atoms with Crippen molar-refractivity contribution in [2.45, 2.75) is 32.9 Å². The van der Waals surface area contributed by atoms with E-state index in [1.807, 2.05) is 13.1 Å². The molecule has 1 atom stereocenters. The second kappa shape index (κ2) is 11.7. The van der Waals surface area contributed by atoms with E-state index in [2.05, 4.69) is 74.3 Å². The molecule has 2 aromatic rings. The second-order valence-electron chi connectivity index (χ2n) is 7.75. The number of guanidine groups is 1. The smallest absolute Gasteiger partial charge is 0.193 e. The largest absolute Gasteiger partial charge is 0.364 e. The molecule has 0 aliphatic carbocycles. The molecular weight excluding hydrogens is 376 g/mol. The van der Waals surface area contributed by atoms with E-state index >= 15 is 0 Å². The zero-order valence-corrected chi connectivity index (χ0v) is 18.6. The fourth-order valence-electron chi connectivity index (χ4n) is 4.16. The van der Waals surface area contributed by atoms with Crippen molar-refractivity contribution in [3.05, 3.63) is 53.9 Å². The zero-order chi connectivity index (χ0) is 21.2. The number of hydrogen-bond acceptors (Lipinski definition) is 5. The van der Waals surface area contributed by atoms with E-state index in [4.69, 9.17) is 4.52 Å². The van der Waals surface area contributed by atoms with Crippen LogP contribution in [0.2, 0.25) is 0 Å². The number of aromatic nitrogens is 1. The molecule has 1 saturated heterocycles. The molecule has 30 heavy (non-hydrogen) atoms. The molecule has 0 spiro atoms. The summed E-state index contributed by atoms with van der Waals surface area (Å²) in [5.74, 6) is 1.00.